The average molecular weight is 445 g/mol. The first-order chi connectivity index (χ1) is 16.1. The zero-order valence-corrected chi connectivity index (χ0v) is 19.0. The maximum Gasteiger partial charge on any atom is 0.231 e. The summed E-state index contributed by atoms with van der Waals surface area (Å²) in [5.41, 5.74) is 5.54. The molecule has 0 bridgehead atoms. The van der Waals surface area contributed by atoms with Crippen molar-refractivity contribution < 1.29 is 14.6 Å². The Morgan fingerprint density at radius 3 is 2.91 bits per heavy atom. The summed E-state index contributed by atoms with van der Waals surface area (Å²) in [4.78, 5) is 7.28. The van der Waals surface area contributed by atoms with Crippen molar-refractivity contribution in [1.29, 1.82) is 0 Å². The van der Waals surface area contributed by atoms with Gasteiger partial charge in [0.1, 0.15) is 5.82 Å². The summed E-state index contributed by atoms with van der Waals surface area (Å²) in [5.74, 6) is 2.32. The minimum Gasteiger partial charge on any atom is -0.454 e. The predicted molar refractivity (Wildman–Crippen MR) is 130 cm³/mol. The molecule has 1 fully saturated rings. The lowest BCUT2D eigenvalue weighted by atomic mass is 10.1. The van der Waals surface area contributed by atoms with E-state index >= 15 is 0 Å². The van der Waals surface area contributed by atoms with Crippen LogP contribution in [0.2, 0.25) is 0 Å². The van der Waals surface area contributed by atoms with Gasteiger partial charge in [-0.15, -0.1) is 0 Å². The molecule has 4 heterocycles. The number of aliphatic hydroxyl groups is 1. The summed E-state index contributed by atoms with van der Waals surface area (Å²) in [6, 6.07) is 8.08. The van der Waals surface area contributed by atoms with Gasteiger partial charge in [-0.05, 0) is 50.0 Å². The fourth-order valence-corrected chi connectivity index (χ4v) is 4.68. The fourth-order valence-electron chi connectivity index (χ4n) is 4.68. The Balaban J connectivity index is 1.75. The molecule has 0 aliphatic carbocycles. The summed E-state index contributed by atoms with van der Waals surface area (Å²) in [6.45, 7) is 9.03. The molecule has 0 saturated carbocycles. The summed E-state index contributed by atoms with van der Waals surface area (Å²) >= 11 is 0. The van der Waals surface area contributed by atoms with Crippen molar-refractivity contribution in [2.75, 3.05) is 24.8 Å². The van der Waals surface area contributed by atoms with Crippen molar-refractivity contribution in [3.63, 3.8) is 0 Å². The van der Waals surface area contributed by atoms with Crippen molar-refractivity contribution in [2.24, 2.45) is 0 Å². The predicted octanol–water partition coefficient (Wildman–Crippen LogP) is 4.54. The quantitative estimate of drug-likeness (QED) is 0.563. The third kappa shape index (κ3) is 3.68. The molecule has 5 rings (SSSR count). The van der Waals surface area contributed by atoms with Crippen LogP contribution >= 0.6 is 0 Å². The summed E-state index contributed by atoms with van der Waals surface area (Å²) in [7, 11) is 0. The van der Waals surface area contributed by atoms with Crippen LogP contribution in [-0.4, -0.2) is 45.7 Å². The van der Waals surface area contributed by atoms with Gasteiger partial charge in [-0.1, -0.05) is 36.9 Å². The van der Waals surface area contributed by atoms with E-state index in [0.717, 1.165) is 70.4 Å². The van der Waals surface area contributed by atoms with E-state index in [1.807, 2.05) is 48.7 Å². The van der Waals surface area contributed by atoms with Gasteiger partial charge in [0, 0.05) is 18.2 Å². The van der Waals surface area contributed by atoms with Crippen molar-refractivity contribution in [3.05, 3.63) is 66.5 Å². The highest BCUT2D eigenvalue weighted by atomic mass is 16.7. The number of aromatic nitrogens is 3. The Bertz CT molecular complexity index is 1270. The Labute approximate surface area is 193 Å². The second-order valence-corrected chi connectivity index (χ2v) is 8.27. The van der Waals surface area contributed by atoms with E-state index in [0.29, 0.717) is 0 Å². The number of hydrogen-bond acceptors (Lipinski definition) is 6. The minimum absolute atomic E-state index is 0.0728. The normalized spacial score (nSPS) is 18.1. The minimum atomic E-state index is 0.0728. The highest BCUT2D eigenvalue weighted by Gasteiger charge is 2.27. The molecular formula is C26H28N4O3. The number of nitrogens with zero attached hydrogens (tertiary/aromatic N) is 4. The van der Waals surface area contributed by atoms with E-state index in [4.69, 9.17) is 19.6 Å². The molecule has 0 unspecified atom stereocenters. The van der Waals surface area contributed by atoms with Crippen LogP contribution in [0.15, 0.2) is 55.1 Å². The molecule has 1 atom stereocenters. The first-order valence-corrected chi connectivity index (χ1v) is 11.3. The van der Waals surface area contributed by atoms with Crippen molar-refractivity contribution in [2.45, 2.75) is 32.7 Å². The zero-order chi connectivity index (χ0) is 22.9. The second kappa shape index (κ2) is 8.75. The fraction of sp³-hybridized carbons (Fsp3) is 0.308. The highest BCUT2D eigenvalue weighted by molar-refractivity contribution is 5.84. The third-order valence-electron chi connectivity index (χ3n) is 6.31. The molecule has 1 N–H and O–H groups in total. The van der Waals surface area contributed by atoms with Gasteiger partial charge in [-0.2, -0.15) is 5.10 Å². The number of fused-ring (bicyclic) bond motifs is 2. The molecule has 1 aromatic carbocycles. The molecule has 7 nitrogen and oxygen atoms in total. The Morgan fingerprint density at radius 2 is 2.12 bits per heavy atom. The standard InChI is InChI=1S/C26H28N4O3/c1-4-6-8-18(5-2)21-14-24(29-12-7-9-20(29)15-31)27-26-25(17(3)28-30(21)26)19-10-11-22-23(13-19)33-16-32-22/h4-6,8,10-11,13-14,20,31H,1,7,9,12,15-16H2,2-3H3/b8-6-,18-5+/t20-/m0/s1. The number of allylic oxidation sites excluding steroid dienone is 5. The van der Waals surface area contributed by atoms with Crippen LogP contribution in [-0.2, 0) is 0 Å². The van der Waals surface area contributed by atoms with Gasteiger partial charge in [0.2, 0.25) is 6.79 Å². The topological polar surface area (TPSA) is 72.1 Å². The lowest BCUT2D eigenvalue weighted by Crippen LogP contribution is -2.33. The van der Waals surface area contributed by atoms with Gasteiger partial charge >= 0.3 is 0 Å². The zero-order valence-electron chi connectivity index (χ0n) is 19.0. The van der Waals surface area contributed by atoms with Gasteiger partial charge in [0.25, 0.3) is 0 Å². The molecular weight excluding hydrogens is 416 g/mol. The van der Waals surface area contributed by atoms with Gasteiger partial charge in [0.15, 0.2) is 17.1 Å². The summed E-state index contributed by atoms with van der Waals surface area (Å²) < 4.78 is 13.0. The average Bonchev–Trinajstić information content (AvgIpc) is 3.56. The Morgan fingerprint density at radius 1 is 1.27 bits per heavy atom. The third-order valence-corrected chi connectivity index (χ3v) is 6.31. The lowest BCUT2D eigenvalue weighted by Gasteiger charge is -2.25. The van der Waals surface area contributed by atoms with Crippen molar-refractivity contribution in [1.82, 2.24) is 14.6 Å². The van der Waals surface area contributed by atoms with Gasteiger partial charge in [0.05, 0.1) is 24.0 Å². The molecule has 170 valence electrons. The first-order valence-electron chi connectivity index (χ1n) is 11.3. The number of aliphatic hydroxyl groups excluding tert-OH is 1. The van der Waals surface area contributed by atoms with Crippen LogP contribution in [0.25, 0.3) is 22.3 Å². The van der Waals surface area contributed by atoms with E-state index < -0.39 is 0 Å². The lowest BCUT2D eigenvalue weighted by molar-refractivity contribution is 0.174. The summed E-state index contributed by atoms with van der Waals surface area (Å²) in [5, 5.41) is 14.8. The van der Waals surface area contributed by atoms with Crippen LogP contribution in [0, 0.1) is 6.92 Å². The molecule has 2 aliphatic rings. The van der Waals surface area contributed by atoms with Gasteiger partial charge < -0.3 is 19.5 Å². The molecule has 3 aromatic rings. The molecule has 33 heavy (non-hydrogen) atoms. The second-order valence-electron chi connectivity index (χ2n) is 8.27. The maximum atomic E-state index is 9.93. The molecule has 1 saturated heterocycles. The first kappa shape index (κ1) is 21.3. The monoisotopic (exact) mass is 444 g/mol. The largest absolute Gasteiger partial charge is 0.454 e. The van der Waals surface area contributed by atoms with E-state index in [1.165, 1.54) is 0 Å². The van der Waals surface area contributed by atoms with Crippen molar-refractivity contribution >= 4 is 17.0 Å². The summed E-state index contributed by atoms with van der Waals surface area (Å²) in [6.07, 6.45) is 9.76. The van der Waals surface area contributed by atoms with Crippen LogP contribution in [0.3, 0.4) is 0 Å². The van der Waals surface area contributed by atoms with E-state index in [2.05, 4.69) is 23.6 Å². The molecule has 0 amide bonds. The highest BCUT2D eigenvalue weighted by Crippen LogP contribution is 2.39. The molecule has 0 radical (unpaired) electrons. The number of ether oxygens (including phenoxy) is 2. The van der Waals surface area contributed by atoms with Crippen LogP contribution in [0.4, 0.5) is 5.82 Å². The number of rotatable bonds is 6. The van der Waals surface area contributed by atoms with Crippen LogP contribution in [0.1, 0.15) is 31.2 Å². The number of benzene rings is 1. The number of aryl methyl sites for hydroxylation is 1. The van der Waals surface area contributed by atoms with E-state index in [-0.39, 0.29) is 19.4 Å². The maximum absolute atomic E-state index is 9.93. The Hall–Kier alpha value is -3.58. The van der Waals surface area contributed by atoms with E-state index in [9.17, 15) is 5.11 Å². The SMILES string of the molecule is C=C/C=C\C(=C/C)c1cc(N2CCC[C@H]2CO)nc2c(-c3ccc4c(c3)OCO4)c(C)nn12. The van der Waals surface area contributed by atoms with E-state index in [1.54, 1.807) is 6.08 Å². The van der Waals surface area contributed by atoms with Crippen molar-refractivity contribution in [3.8, 4) is 22.6 Å². The molecule has 2 aliphatic heterocycles. The molecule has 0 spiro atoms. The molecule has 2 aromatic heterocycles. The number of hydrogen-bond donors (Lipinski definition) is 1. The molecule has 7 heteroatoms. The smallest absolute Gasteiger partial charge is 0.231 e. The van der Waals surface area contributed by atoms with Gasteiger partial charge in [-0.25, -0.2) is 9.50 Å². The number of anilines is 1. The van der Waals surface area contributed by atoms with Crippen LogP contribution < -0.4 is 14.4 Å². The Kier molecular flexibility index (Phi) is 5.64. The van der Waals surface area contributed by atoms with Gasteiger partial charge in [-0.3, -0.25) is 0 Å². The van der Waals surface area contributed by atoms with Crippen LogP contribution in [0.5, 0.6) is 11.5 Å².